The van der Waals surface area contributed by atoms with Crippen LogP contribution in [0.25, 0.3) is 0 Å². The minimum atomic E-state index is -3.54. The van der Waals surface area contributed by atoms with Crippen molar-refractivity contribution in [1.82, 2.24) is 4.31 Å². The van der Waals surface area contributed by atoms with Gasteiger partial charge in [-0.15, -0.1) is 0 Å². The zero-order chi connectivity index (χ0) is 15.0. The molecule has 5 heteroatoms. The topological polar surface area (TPSA) is 46.6 Å². The highest BCUT2D eigenvalue weighted by atomic mass is 32.2. The largest absolute Gasteiger partial charge is 0.376 e. The van der Waals surface area contributed by atoms with E-state index in [4.69, 9.17) is 4.74 Å². The van der Waals surface area contributed by atoms with Crippen LogP contribution in [0, 0.1) is 12.8 Å². The smallest absolute Gasteiger partial charge is 0.264 e. The van der Waals surface area contributed by atoms with Gasteiger partial charge in [0, 0.05) is 12.1 Å². The Morgan fingerprint density at radius 3 is 2.62 bits per heavy atom. The Morgan fingerprint density at radius 2 is 1.90 bits per heavy atom. The van der Waals surface area contributed by atoms with Crippen molar-refractivity contribution in [1.29, 1.82) is 0 Å². The molecule has 2 atom stereocenters. The summed E-state index contributed by atoms with van der Waals surface area (Å²) in [7, 11) is -3.54. The maximum atomic E-state index is 12.9. The molecule has 0 unspecified atom stereocenters. The highest BCUT2D eigenvalue weighted by Gasteiger charge is 2.30. The monoisotopic (exact) mass is 305 g/mol. The number of benzene rings is 1. The molecule has 1 aromatic rings. The van der Waals surface area contributed by atoms with Crippen LogP contribution in [0.2, 0.25) is 0 Å². The molecule has 0 saturated carbocycles. The third-order valence-electron chi connectivity index (χ3n) is 3.96. The molecule has 2 aliphatic rings. The van der Waals surface area contributed by atoms with E-state index in [-0.39, 0.29) is 12.0 Å². The van der Waals surface area contributed by atoms with Gasteiger partial charge in [0.1, 0.15) is 0 Å². The van der Waals surface area contributed by atoms with E-state index >= 15 is 0 Å². The Hall–Kier alpha value is -1.59. The van der Waals surface area contributed by atoms with E-state index in [0.717, 1.165) is 11.1 Å². The lowest BCUT2D eigenvalue weighted by Crippen LogP contribution is -2.33. The van der Waals surface area contributed by atoms with E-state index < -0.39 is 10.0 Å². The van der Waals surface area contributed by atoms with Gasteiger partial charge in [-0.3, -0.25) is 4.31 Å². The number of sulfonamides is 1. The molecule has 4 nitrogen and oxygen atoms in total. The summed E-state index contributed by atoms with van der Waals surface area (Å²) in [6.45, 7) is 4.96. The minimum Gasteiger partial charge on any atom is -0.376 e. The molecule has 0 radical (unpaired) electrons. The Bertz CT molecular complexity index is 689. The van der Waals surface area contributed by atoms with Crippen LogP contribution in [-0.4, -0.2) is 32.0 Å². The second-order valence-corrected chi connectivity index (χ2v) is 7.44. The van der Waals surface area contributed by atoms with Crippen LogP contribution in [0.1, 0.15) is 12.5 Å². The normalized spacial score (nSPS) is 25.4. The van der Waals surface area contributed by atoms with Crippen molar-refractivity contribution in [3.63, 3.8) is 0 Å². The van der Waals surface area contributed by atoms with Gasteiger partial charge in [-0.1, -0.05) is 29.8 Å². The molecule has 112 valence electrons. The molecular formula is C16H19NO3S. The van der Waals surface area contributed by atoms with Gasteiger partial charge < -0.3 is 4.74 Å². The molecule has 0 bridgehead atoms. The molecule has 21 heavy (non-hydrogen) atoms. The number of aryl methyl sites for hydroxylation is 1. The Kier molecular flexibility index (Phi) is 3.63. The summed E-state index contributed by atoms with van der Waals surface area (Å²) < 4.78 is 32.6. The molecule has 2 heterocycles. The Balaban J connectivity index is 2.02. The van der Waals surface area contributed by atoms with Gasteiger partial charge in [-0.2, -0.15) is 0 Å². The number of hydrogen-bond donors (Lipinski definition) is 0. The van der Waals surface area contributed by atoms with E-state index in [1.54, 1.807) is 18.3 Å². The van der Waals surface area contributed by atoms with Crippen molar-refractivity contribution in [2.45, 2.75) is 24.8 Å². The molecule has 0 amide bonds. The summed E-state index contributed by atoms with van der Waals surface area (Å²) in [6, 6.07) is 6.76. The van der Waals surface area contributed by atoms with E-state index in [1.807, 2.05) is 38.1 Å². The van der Waals surface area contributed by atoms with Gasteiger partial charge in [0.15, 0.2) is 0 Å². The summed E-state index contributed by atoms with van der Waals surface area (Å²) in [5, 5.41) is 0. The van der Waals surface area contributed by atoms with Crippen LogP contribution >= 0.6 is 0 Å². The molecule has 0 N–H and O–H groups in total. The van der Waals surface area contributed by atoms with Gasteiger partial charge >= 0.3 is 0 Å². The van der Waals surface area contributed by atoms with Crippen LogP contribution in [0.3, 0.4) is 0 Å². The minimum absolute atomic E-state index is 0.200. The van der Waals surface area contributed by atoms with Gasteiger partial charge in [0.05, 0.1) is 24.2 Å². The number of hydrogen-bond acceptors (Lipinski definition) is 3. The molecule has 0 spiro atoms. The van der Waals surface area contributed by atoms with Crippen molar-refractivity contribution < 1.29 is 13.2 Å². The van der Waals surface area contributed by atoms with Crippen LogP contribution in [-0.2, 0) is 14.8 Å². The average molecular weight is 305 g/mol. The fourth-order valence-electron chi connectivity index (χ4n) is 2.61. The molecule has 1 aromatic carbocycles. The molecular weight excluding hydrogens is 286 g/mol. The van der Waals surface area contributed by atoms with E-state index in [1.165, 1.54) is 4.31 Å². The van der Waals surface area contributed by atoms with Crippen molar-refractivity contribution in [2.24, 2.45) is 5.92 Å². The highest BCUT2D eigenvalue weighted by Crippen LogP contribution is 2.29. The predicted molar refractivity (Wildman–Crippen MR) is 81.2 cm³/mol. The number of fused-ring (bicyclic) bond motifs is 1. The summed E-state index contributed by atoms with van der Waals surface area (Å²) in [6.07, 6.45) is 5.74. The summed E-state index contributed by atoms with van der Waals surface area (Å²) in [5.74, 6) is 0.200. The van der Waals surface area contributed by atoms with E-state index in [0.29, 0.717) is 18.1 Å². The fraction of sp³-hybridized carbons (Fsp3) is 0.375. The van der Waals surface area contributed by atoms with Crippen LogP contribution in [0.4, 0.5) is 0 Å². The third-order valence-corrected chi connectivity index (χ3v) is 5.82. The van der Waals surface area contributed by atoms with Gasteiger partial charge in [0.2, 0.25) is 0 Å². The van der Waals surface area contributed by atoms with Crippen LogP contribution in [0.15, 0.2) is 53.1 Å². The van der Waals surface area contributed by atoms with Gasteiger partial charge in [0.25, 0.3) is 10.0 Å². The molecule has 3 rings (SSSR count). The first kappa shape index (κ1) is 14.4. The van der Waals surface area contributed by atoms with Gasteiger partial charge in [-0.05, 0) is 31.6 Å². The van der Waals surface area contributed by atoms with Crippen molar-refractivity contribution in [3.05, 3.63) is 53.8 Å². The fourth-order valence-corrected chi connectivity index (χ4v) is 4.12. The SMILES string of the molecule is Cc1ccc(S(=O)(=O)N2C=C3COC[C@H]3C=C[C@H]2C)cc1. The number of rotatable bonds is 2. The maximum absolute atomic E-state index is 12.9. The first-order valence-electron chi connectivity index (χ1n) is 7.05. The van der Waals surface area contributed by atoms with Crippen LogP contribution in [0.5, 0.6) is 0 Å². The average Bonchev–Trinajstić information content (AvgIpc) is 2.83. The summed E-state index contributed by atoms with van der Waals surface area (Å²) in [4.78, 5) is 0.322. The second-order valence-electron chi connectivity index (χ2n) is 5.60. The summed E-state index contributed by atoms with van der Waals surface area (Å²) in [5.41, 5.74) is 2.06. The predicted octanol–water partition coefficient (Wildman–Crippen LogP) is 2.47. The molecule has 1 fully saturated rings. The standard InChI is InChI=1S/C16H19NO3S/c1-12-3-7-16(8-4-12)21(18,19)17-9-15-11-20-10-14(15)6-5-13(17)2/h3-9,13-14H,10-11H2,1-2H3/t13-,14-/m1/s1. The second kappa shape index (κ2) is 5.31. The lowest BCUT2D eigenvalue weighted by atomic mass is 10.0. The van der Waals surface area contributed by atoms with Crippen molar-refractivity contribution in [3.8, 4) is 0 Å². The third kappa shape index (κ3) is 2.63. The first-order valence-corrected chi connectivity index (χ1v) is 8.49. The van der Waals surface area contributed by atoms with Crippen molar-refractivity contribution in [2.75, 3.05) is 13.2 Å². The number of ether oxygens (including phenoxy) is 1. The maximum Gasteiger partial charge on any atom is 0.264 e. The van der Waals surface area contributed by atoms with Gasteiger partial charge in [-0.25, -0.2) is 8.42 Å². The lowest BCUT2D eigenvalue weighted by molar-refractivity contribution is 0.195. The first-order chi connectivity index (χ1) is 9.98. The quantitative estimate of drug-likeness (QED) is 0.789. The summed E-state index contributed by atoms with van der Waals surface area (Å²) >= 11 is 0. The highest BCUT2D eigenvalue weighted by molar-refractivity contribution is 7.89. The molecule has 0 aromatic heterocycles. The zero-order valence-corrected chi connectivity index (χ0v) is 13.0. The van der Waals surface area contributed by atoms with Crippen molar-refractivity contribution >= 4 is 10.0 Å². The Morgan fingerprint density at radius 1 is 1.19 bits per heavy atom. The molecule has 0 aliphatic carbocycles. The molecule has 1 saturated heterocycles. The van der Waals surface area contributed by atoms with E-state index in [9.17, 15) is 8.42 Å². The zero-order valence-electron chi connectivity index (χ0n) is 12.2. The lowest BCUT2D eigenvalue weighted by Gasteiger charge is -2.25. The number of nitrogens with zero attached hydrogens (tertiary/aromatic N) is 1. The van der Waals surface area contributed by atoms with E-state index in [2.05, 4.69) is 0 Å². The molecule has 2 aliphatic heterocycles. The van der Waals surface area contributed by atoms with Crippen LogP contribution < -0.4 is 0 Å². The Labute approximate surface area is 125 Å².